The molecule has 0 aliphatic heterocycles. The normalized spacial score (nSPS) is 11.6. The number of unbranched alkanes of at least 4 members (excludes halogenated alkanes) is 1. The van der Waals surface area contributed by atoms with Crippen LogP contribution in [0.1, 0.15) is 32.6 Å². The molecule has 1 unspecified atom stereocenters. The summed E-state index contributed by atoms with van der Waals surface area (Å²) in [5, 5.41) is 0. The van der Waals surface area contributed by atoms with Crippen molar-refractivity contribution in [3.63, 3.8) is 0 Å². The van der Waals surface area contributed by atoms with Gasteiger partial charge in [-0.1, -0.05) is 0 Å². The SMILES string of the molecule is CC(=O)OC(CC=O)CCCCN=C(N)N. The van der Waals surface area contributed by atoms with Gasteiger partial charge in [0.15, 0.2) is 5.96 Å². The first-order valence-corrected chi connectivity index (χ1v) is 5.22. The number of nitrogens with zero attached hydrogens (tertiary/aromatic N) is 1. The first kappa shape index (κ1) is 14.4. The molecule has 0 fully saturated rings. The highest BCUT2D eigenvalue weighted by Crippen LogP contribution is 2.08. The Labute approximate surface area is 95.0 Å². The number of esters is 1. The lowest BCUT2D eigenvalue weighted by molar-refractivity contribution is -0.147. The van der Waals surface area contributed by atoms with Crippen molar-refractivity contribution in [2.24, 2.45) is 16.5 Å². The lowest BCUT2D eigenvalue weighted by Gasteiger charge is -2.13. The quantitative estimate of drug-likeness (QED) is 0.199. The lowest BCUT2D eigenvalue weighted by Crippen LogP contribution is -2.23. The van der Waals surface area contributed by atoms with Crippen molar-refractivity contribution in [2.75, 3.05) is 6.54 Å². The third-order valence-corrected chi connectivity index (χ3v) is 1.92. The van der Waals surface area contributed by atoms with Crippen LogP contribution in [0.25, 0.3) is 0 Å². The molecule has 0 bridgehead atoms. The van der Waals surface area contributed by atoms with E-state index in [9.17, 15) is 9.59 Å². The van der Waals surface area contributed by atoms with Crippen LogP contribution in [0, 0.1) is 0 Å². The number of aliphatic imine (C=N–C) groups is 1. The van der Waals surface area contributed by atoms with Crippen molar-refractivity contribution in [1.82, 2.24) is 0 Å². The predicted octanol–water partition coefficient (Wildman–Crippen LogP) is -0.0492. The summed E-state index contributed by atoms with van der Waals surface area (Å²) in [5.74, 6) is -0.291. The summed E-state index contributed by atoms with van der Waals surface area (Å²) < 4.78 is 4.96. The Kier molecular flexibility index (Phi) is 7.83. The topological polar surface area (TPSA) is 108 Å². The number of nitrogens with two attached hydrogens (primary N) is 2. The standard InChI is InChI=1S/C10H19N3O3/c1-8(15)16-9(5-7-14)4-2-3-6-13-10(11)12/h7,9H,2-6H2,1H3,(H4,11,12,13). The van der Waals surface area contributed by atoms with Gasteiger partial charge in [-0.15, -0.1) is 0 Å². The highest BCUT2D eigenvalue weighted by molar-refractivity contribution is 5.75. The Morgan fingerprint density at radius 1 is 1.44 bits per heavy atom. The smallest absolute Gasteiger partial charge is 0.302 e. The van der Waals surface area contributed by atoms with Crippen LogP contribution >= 0.6 is 0 Å². The molecular formula is C10H19N3O3. The van der Waals surface area contributed by atoms with Crippen LogP contribution in [0.4, 0.5) is 0 Å². The Morgan fingerprint density at radius 3 is 2.62 bits per heavy atom. The molecule has 0 spiro atoms. The van der Waals surface area contributed by atoms with E-state index in [1.54, 1.807) is 0 Å². The summed E-state index contributed by atoms with van der Waals surface area (Å²) in [5.41, 5.74) is 10.3. The van der Waals surface area contributed by atoms with Gasteiger partial charge in [0.1, 0.15) is 12.4 Å². The summed E-state index contributed by atoms with van der Waals surface area (Å²) in [4.78, 5) is 24.9. The highest BCUT2D eigenvalue weighted by atomic mass is 16.5. The Morgan fingerprint density at radius 2 is 2.12 bits per heavy atom. The van der Waals surface area contributed by atoms with Gasteiger partial charge in [0.2, 0.25) is 0 Å². The van der Waals surface area contributed by atoms with E-state index in [1.165, 1.54) is 6.92 Å². The molecule has 0 aromatic carbocycles. The minimum Gasteiger partial charge on any atom is -0.462 e. The zero-order valence-corrected chi connectivity index (χ0v) is 9.52. The summed E-state index contributed by atoms with van der Waals surface area (Å²) in [6.45, 7) is 1.88. The Hall–Kier alpha value is -1.59. The number of rotatable bonds is 8. The van der Waals surface area contributed by atoms with Crippen molar-refractivity contribution in [3.05, 3.63) is 0 Å². The average Bonchev–Trinajstić information content (AvgIpc) is 2.16. The number of aldehydes is 1. The van der Waals surface area contributed by atoms with Crippen molar-refractivity contribution < 1.29 is 14.3 Å². The zero-order valence-electron chi connectivity index (χ0n) is 9.52. The lowest BCUT2D eigenvalue weighted by atomic mass is 10.1. The largest absolute Gasteiger partial charge is 0.462 e. The summed E-state index contributed by atoms with van der Waals surface area (Å²) in [6, 6.07) is 0. The molecule has 4 N–H and O–H groups in total. The second kappa shape index (κ2) is 8.70. The van der Waals surface area contributed by atoms with Gasteiger partial charge in [0.05, 0.1) is 0 Å². The van der Waals surface area contributed by atoms with Gasteiger partial charge in [-0.05, 0) is 19.3 Å². The molecule has 0 heterocycles. The van der Waals surface area contributed by atoms with E-state index in [-0.39, 0.29) is 24.5 Å². The molecule has 0 saturated carbocycles. The molecule has 1 atom stereocenters. The van der Waals surface area contributed by atoms with E-state index in [1.807, 2.05) is 0 Å². The Balaban J connectivity index is 3.71. The first-order valence-electron chi connectivity index (χ1n) is 5.22. The van der Waals surface area contributed by atoms with Gasteiger partial charge < -0.3 is 21.0 Å². The summed E-state index contributed by atoms with van der Waals surface area (Å²) >= 11 is 0. The fourth-order valence-corrected chi connectivity index (χ4v) is 1.26. The molecule has 16 heavy (non-hydrogen) atoms. The molecule has 0 aliphatic carbocycles. The highest BCUT2D eigenvalue weighted by Gasteiger charge is 2.10. The molecule has 6 nitrogen and oxygen atoms in total. The second-order valence-electron chi connectivity index (χ2n) is 3.44. The van der Waals surface area contributed by atoms with Crippen LogP contribution < -0.4 is 11.5 Å². The fraction of sp³-hybridized carbons (Fsp3) is 0.700. The van der Waals surface area contributed by atoms with Gasteiger partial charge in [-0.3, -0.25) is 9.79 Å². The third kappa shape index (κ3) is 8.98. The van der Waals surface area contributed by atoms with Crippen LogP contribution in [-0.2, 0) is 14.3 Å². The van der Waals surface area contributed by atoms with Crippen molar-refractivity contribution in [1.29, 1.82) is 0 Å². The Bertz CT molecular complexity index is 250. The molecule has 0 saturated heterocycles. The van der Waals surface area contributed by atoms with Crippen LogP contribution in [0.5, 0.6) is 0 Å². The van der Waals surface area contributed by atoms with E-state index in [0.29, 0.717) is 13.0 Å². The van der Waals surface area contributed by atoms with Gasteiger partial charge in [0, 0.05) is 19.9 Å². The van der Waals surface area contributed by atoms with Gasteiger partial charge >= 0.3 is 5.97 Å². The number of ether oxygens (including phenoxy) is 1. The average molecular weight is 229 g/mol. The minimum absolute atomic E-state index is 0.0735. The van der Waals surface area contributed by atoms with E-state index in [2.05, 4.69) is 4.99 Å². The summed E-state index contributed by atoms with van der Waals surface area (Å²) in [6.07, 6.45) is 2.93. The molecule has 6 heteroatoms. The maximum absolute atomic E-state index is 10.7. The maximum atomic E-state index is 10.7. The number of carbonyl (C=O) groups is 2. The van der Waals surface area contributed by atoms with E-state index in [0.717, 1.165) is 19.1 Å². The van der Waals surface area contributed by atoms with Gasteiger partial charge in [-0.2, -0.15) is 0 Å². The number of carbonyl (C=O) groups excluding carboxylic acids is 2. The molecule has 0 amide bonds. The molecule has 92 valence electrons. The monoisotopic (exact) mass is 229 g/mol. The van der Waals surface area contributed by atoms with Crippen molar-refractivity contribution in [3.8, 4) is 0 Å². The van der Waals surface area contributed by atoms with Gasteiger partial charge in [0.25, 0.3) is 0 Å². The third-order valence-electron chi connectivity index (χ3n) is 1.92. The number of guanidine groups is 1. The van der Waals surface area contributed by atoms with Crippen molar-refractivity contribution in [2.45, 2.75) is 38.7 Å². The molecular weight excluding hydrogens is 210 g/mol. The minimum atomic E-state index is -0.365. The van der Waals surface area contributed by atoms with E-state index >= 15 is 0 Å². The summed E-state index contributed by atoms with van der Waals surface area (Å²) in [7, 11) is 0. The molecule has 0 aromatic rings. The molecule has 0 radical (unpaired) electrons. The van der Waals surface area contributed by atoms with Crippen LogP contribution in [0.2, 0.25) is 0 Å². The maximum Gasteiger partial charge on any atom is 0.302 e. The molecule has 0 aromatic heterocycles. The second-order valence-corrected chi connectivity index (χ2v) is 3.44. The molecule has 0 rings (SSSR count). The van der Waals surface area contributed by atoms with E-state index < -0.39 is 0 Å². The first-order chi connectivity index (χ1) is 7.56. The van der Waals surface area contributed by atoms with Gasteiger partial charge in [-0.25, -0.2) is 0 Å². The van der Waals surface area contributed by atoms with Crippen molar-refractivity contribution >= 4 is 18.2 Å². The fourth-order valence-electron chi connectivity index (χ4n) is 1.26. The van der Waals surface area contributed by atoms with Crippen LogP contribution in [0.3, 0.4) is 0 Å². The van der Waals surface area contributed by atoms with Crippen LogP contribution in [0.15, 0.2) is 4.99 Å². The zero-order chi connectivity index (χ0) is 12.4. The van der Waals surface area contributed by atoms with Crippen LogP contribution in [-0.4, -0.2) is 30.9 Å². The number of hydrogen-bond donors (Lipinski definition) is 2. The van der Waals surface area contributed by atoms with E-state index in [4.69, 9.17) is 16.2 Å². The number of hydrogen-bond acceptors (Lipinski definition) is 4. The predicted molar refractivity (Wildman–Crippen MR) is 60.8 cm³/mol. The molecule has 0 aliphatic rings.